The van der Waals surface area contributed by atoms with Gasteiger partial charge in [0.1, 0.15) is 30.7 Å². The molecular formula is C28H35F5N4O8S. The first kappa shape index (κ1) is 35.5. The molecule has 0 bridgehead atoms. The van der Waals surface area contributed by atoms with Crippen molar-refractivity contribution in [2.24, 2.45) is 29.1 Å². The average Bonchev–Trinajstić information content (AvgIpc) is 3.22. The molecule has 2 saturated heterocycles. The number of fused-ring (bicyclic) bond motifs is 1. The van der Waals surface area contributed by atoms with Crippen LogP contribution in [0.15, 0.2) is 18.2 Å². The molecule has 0 radical (unpaired) electrons. The number of nitrogens with one attached hydrogen (secondary N) is 3. The topological polar surface area (TPSA) is 171 Å². The maximum Gasteiger partial charge on any atom is 0.511 e. The number of benzene rings is 1. The molecule has 0 spiro atoms. The normalized spacial score (nSPS) is 26.7. The molecule has 1 unspecified atom stereocenters. The molecule has 1 saturated carbocycles. The number of hydrogen-bond acceptors (Lipinski definition) is 8. The number of sulfonamides is 1. The number of amides is 3. The Morgan fingerprint density at radius 1 is 1.20 bits per heavy atom. The van der Waals surface area contributed by atoms with Gasteiger partial charge in [0.2, 0.25) is 17.7 Å². The van der Waals surface area contributed by atoms with E-state index in [1.165, 1.54) is 18.6 Å². The summed E-state index contributed by atoms with van der Waals surface area (Å²) >= 11 is 0. The Kier molecular flexibility index (Phi) is 9.77. The Morgan fingerprint density at radius 2 is 1.85 bits per heavy atom. The van der Waals surface area contributed by atoms with Crippen molar-refractivity contribution in [2.45, 2.75) is 70.4 Å². The number of aliphatic hydroxyl groups is 1. The Hall–Kier alpha value is -3.38. The van der Waals surface area contributed by atoms with E-state index in [0.29, 0.717) is 6.07 Å². The third-order valence-corrected chi connectivity index (χ3v) is 10.1. The highest BCUT2D eigenvalue weighted by molar-refractivity contribution is 7.90. The quantitative estimate of drug-likeness (QED) is 0.238. The highest BCUT2D eigenvalue weighted by atomic mass is 32.2. The molecule has 4 rings (SSSR count). The summed E-state index contributed by atoms with van der Waals surface area (Å²) in [5.74, 6) is -8.54. The molecule has 3 aliphatic rings. The second-order valence-corrected chi connectivity index (χ2v) is 14.5. The van der Waals surface area contributed by atoms with Gasteiger partial charge in [-0.1, -0.05) is 27.7 Å². The number of aliphatic hydroxyl groups excluding tert-OH is 1. The van der Waals surface area contributed by atoms with E-state index >= 15 is 0 Å². The standard InChI is InChI=1S/C28H35F5N4O8S/c1-12(2)22(36-46(43,44)28(31,32)33)26(42)37-10-15-21(27(15,3)4)23(37)25(41)34-17(7-13-8-20(39)35-24(13)40)18(38)11-45-19-6-5-14(29)9-16(19)30/h5-6,9,12-13,15,17,20-23,36,39H,7-8,10-11H2,1-4H3,(H,34,41)(H,35,40)/t13-,15+,17+,20?,21+,22+,23+/m1/s1. The van der Waals surface area contributed by atoms with Crippen molar-refractivity contribution in [3.05, 3.63) is 29.8 Å². The summed E-state index contributed by atoms with van der Waals surface area (Å²) in [6.45, 7) is 5.38. The van der Waals surface area contributed by atoms with Crippen LogP contribution in [0.3, 0.4) is 0 Å². The summed E-state index contributed by atoms with van der Waals surface area (Å²) in [7, 11) is -5.93. The molecule has 18 heteroatoms. The van der Waals surface area contributed by atoms with Gasteiger partial charge >= 0.3 is 15.5 Å². The van der Waals surface area contributed by atoms with Crippen LogP contribution in [0.1, 0.15) is 40.5 Å². The molecule has 0 aromatic heterocycles. The molecule has 4 N–H and O–H groups in total. The third-order valence-electron chi connectivity index (χ3n) is 8.96. The van der Waals surface area contributed by atoms with Gasteiger partial charge in [-0.25, -0.2) is 17.2 Å². The van der Waals surface area contributed by atoms with Crippen molar-refractivity contribution in [3.8, 4) is 5.75 Å². The molecule has 7 atom stereocenters. The van der Waals surface area contributed by atoms with Crippen LogP contribution in [0.4, 0.5) is 22.0 Å². The smallest absolute Gasteiger partial charge is 0.483 e. The minimum absolute atomic E-state index is 0.0751. The average molecular weight is 683 g/mol. The molecule has 3 fully saturated rings. The van der Waals surface area contributed by atoms with Gasteiger partial charge in [0.15, 0.2) is 17.3 Å². The first-order chi connectivity index (χ1) is 21.2. The zero-order valence-corrected chi connectivity index (χ0v) is 26.0. The molecular weight excluding hydrogens is 647 g/mol. The fourth-order valence-electron chi connectivity index (χ4n) is 6.27. The maximum absolute atomic E-state index is 14.1. The van der Waals surface area contributed by atoms with Gasteiger partial charge in [-0.3, -0.25) is 19.2 Å². The number of likely N-dealkylation sites (tertiary alicyclic amines) is 1. The van der Waals surface area contributed by atoms with Crippen molar-refractivity contribution >= 4 is 33.5 Å². The van der Waals surface area contributed by atoms with Crippen LogP contribution in [0.25, 0.3) is 0 Å². The van der Waals surface area contributed by atoms with Crippen molar-refractivity contribution in [1.29, 1.82) is 0 Å². The van der Waals surface area contributed by atoms with Gasteiger partial charge in [0, 0.05) is 24.9 Å². The van der Waals surface area contributed by atoms with Gasteiger partial charge in [-0.15, -0.1) is 0 Å². The van der Waals surface area contributed by atoms with Crippen LogP contribution >= 0.6 is 0 Å². The minimum atomic E-state index is -5.93. The monoisotopic (exact) mass is 682 g/mol. The lowest BCUT2D eigenvalue weighted by atomic mass is 9.94. The number of ketones is 1. The number of alkyl halides is 3. The molecule has 2 aliphatic heterocycles. The van der Waals surface area contributed by atoms with E-state index in [1.54, 1.807) is 0 Å². The van der Waals surface area contributed by atoms with E-state index < -0.39 is 111 Å². The van der Waals surface area contributed by atoms with Gasteiger partial charge in [0.25, 0.3) is 0 Å². The molecule has 12 nitrogen and oxygen atoms in total. The Morgan fingerprint density at radius 3 is 2.39 bits per heavy atom. The Bertz CT molecular complexity index is 1500. The van der Waals surface area contributed by atoms with Gasteiger partial charge in [0.05, 0.1) is 6.04 Å². The molecule has 46 heavy (non-hydrogen) atoms. The number of ether oxygens (including phenoxy) is 1. The van der Waals surface area contributed by atoms with Crippen LogP contribution in [0.5, 0.6) is 5.75 Å². The van der Waals surface area contributed by atoms with Crippen molar-refractivity contribution in [1.82, 2.24) is 20.3 Å². The lowest BCUT2D eigenvalue weighted by molar-refractivity contribution is -0.143. The van der Waals surface area contributed by atoms with Crippen molar-refractivity contribution in [2.75, 3.05) is 13.2 Å². The molecule has 1 aliphatic carbocycles. The SMILES string of the molecule is CC(C)[C@H](NS(=O)(=O)C(F)(F)F)C(=O)N1C[C@H]2[C@@H]([C@H]1C(=O)N[C@@H](C[C@@H]1CC(O)NC1=O)C(=O)COc1ccc(F)cc1F)C2(C)C. The summed E-state index contributed by atoms with van der Waals surface area (Å²) in [4.78, 5) is 54.1. The summed E-state index contributed by atoms with van der Waals surface area (Å²) in [5.41, 5.74) is -6.19. The summed E-state index contributed by atoms with van der Waals surface area (Å²) in [5, 5.41) is 14.6. The van der Waals surface area contributed by atoms with E-state index in [-0.39, 0.29) is 25.3 Å². The second kappa shape index (κ2) is 12.7. The zero-order valence-electron chi connectivity index (χ0n) is 25.2. The van der Waals surface area contributed by atoms with E-state index in [2.05, 4.69) is 10.6 Å². The fourth-order valence-corrected chi connectivity index (χ4v) is 7.11. The van der Waals surface area contributed by atoms with Crippen molar-refractivity contribution in [3.63, 3.8) is 0 Å². The van der Waals surface area contributed by atoms with E-state index in [9.17, 15) is 54.7 Å². The largest absolute Gasteiger partial charge is 0.511 e. The molecule has 1 aromatic rings. The maximum atomic E-state index is 14.1. The third kappa shape index (κ3) is 7.12. The highest BCUT2D eigenvalue weighted by Crippen LogP contribution is 2.65. The highest BCUT2D eigenvalue weighted by Gasteiger charge is 2.70. The van der Waals surface area contributed by atoms with Crippen LogP contribution in [0.2, 0.25) is 0 Å². The first-order valence-corrected chi connectivity index (χ1v) is 15.9. The lowest BCUT2D eigenvalue weighted by Gasteiger charge is -2.35. The lowest BCUT2D eigenvalue weighted by Crippen LogP contribution is -2.59. The van der Waals surface area contributed by atoms with E-state index in [4.69, 9.17) is 4.74 Å². The number of rotatable bonds is 12. The first-order valence-electron chi connectivity index (χ1n) is 14.4. The molecule has 256 valence electrons. The van der Waals surface area contributed by atoms with Crippen LogP contribution in [-0.4, -0.2) is 84.9 Å². The summed E-state index contributed by atoms with van der Waals surface area (Å²) in [6.07, 6.45) is -1.65. The minimum Gasteiger partial charge on any atom is -0.483 e. The second-order valence-electron chi connectivity index (χ2n) is 12.8. The molecule has 2 heterocycles. The van der Waals surface area contributed by atoms with Crippen LogP contribution in [-0.2, 0) is 29.2 Å². The van der Waals surface area contributed by atoms with Crippen LogP contribution < -0.4 is 20.1 Å². The predicted molar refractivity (Wildman–Crippen MR) is 149 cm³/mol. The Labute approximate surface area is 261 Å². The van der Waals surface area contributed by atoms with E-state index in [0.717, 1.165) is 17.0 Å². The summed E-state index contributed by atoms with van der Waals surface area (Å²) < 4.78 is 97.2. The van der Waals surface area contributed by atoms with Crippen molar-refractivity contribution < 1.29 is 59.4 Å². The van der Waals surface area contributed by atoms with Gasteiger partial charge < -0.3 is 25.4 Å². The number of nitrogens with zero attached hydrogens (tertiary/aromatic N) is 1. The number of piperidine rings is 1. The van der Waals surface area contributed by atoms with Gasteiger partial charge in [-0.2, -0.15) is 17.9 Å². The van der Waals surface area contributed by atoms with E-state index in [1.807, 2.05) is 13.8 Å². The number of carbonyl (C=O) groups is 4. The molecule has 1 aromatic carbocycles. The zero-order chi connectivity index (χ0) is 34.5. The fraction of sp³-hybridized carbons (Fsp3) is 0.643. The summed E-state index contributed by atoms with van der Waals surface area (Å²) in [6, 6.07) is -2.30. The number of hydrogen-bond donors (Lipinski definition) is 4. The number of carbonyl (C=O) groups excluding carboxylic acids is 4. The predicted octanol–water partition coefficient (Wildman–Crippen LogP) is 1.19. The number of Topliss-reactive ketones (excluding diaryl/α,β-unsaturated/α-hetero) is 1. The number of halogens is 5. The molecule has 3 amide bonds. The Balaban J connectivity index is 1.58. The van der Waals surface area contributed by atoms with Gasteiger partial charge in [-0.05, 0) is 41.7 Å². The van der Waals surface area contributed by atoms with Crippen LogP contribution in [0, 0.1) is 40.7 Å².